The van der Waals surface area contributed by atoms with Crippen LogP contribution < -0.4 is 0 Å². The molecular formula is C21H25N3O3. The average Bonchev–Trinajstić information content (AvgIpc) is 3.35. The molecule has 1 amide bonds. The zero-order chi connectivity index (χ0) is 18.5. The third-order valence-corrected chi connectivity index (χ3v) is 6.70. The zero-order valence-corrected chi connectivity index (χ0v) is 15.8. The molecule has 3 aliphatic rings. The molecule has 0 spiro atoms. The third kappa shape index (κ3) is 2.78. The number of nitrogens with zero attached hydrogens (tertiary/aromatic N) is 3. The van der Waals surface area contributed by atoms with Gasteiger partial charge >= 0.3 is 0 Å². The van der Waals surface area contributed by atoms with Crippen molar-refractivity contribution in [3.05, 3.63) is 35.7 Å². The van der Waals surface area contributed by atoms with Crippen LogP contribution in [0.1, 0.15) is 36.6 Å². The smallest absolute Gasteiger partial charge is 0.231 e. The number of ether oxygens (including phenoxy) is 1. The van der Waals surface area contributed by atoms with Gasteiger partial charge in [-0.1, -0.05) is 28.9 Å². The van der Waals surface area contributed by atoms with E-state index in [-0.39, 0.29) is 23.8 Å². The van der Waals surface area contributed by atoms with Crippen LogP contribution in [0.4, 0.5) is 0 Å². The summed E-state index contributed by atoms with van der Waals surface area (Å²) >= 11 is 0. The summed E-state index contributed by atoms with van der Waals surface area (Å²) in [6.45, 7) is 3.46. The minimum Gasteiger partial charge on any atom is -0.378 e. The average molecular weight is 367 g/mol. The van der Waals surface area contributed by atoms with Crippen molar-refractivity contribution in [2.45, 2.75) is 38.2 Å². The normalized spacial score (nSPS) is 29.9. The Morgan fingerprint density at radius 1 is 1.26 bits per heavy atom. The van der Waals surface area contributed by atoms with Gasteiger partial charge in [-0.05, 0) is 44.1 Å². The van der Waals surface area contributed by atoms with Gasteiger partial charge in [0.1, 0.15) is 0 Å². The van der Waals surface area contributed by atoms with Crippen LogP contribution in [0.5, 0.6) is 0 Å². The summed E-state index contributed by atoms with van der Waals surface area (Å²) in [6.07, 6.45) is 3.58. The number of hydrogen-bond acceptors (Lipinski definition) is 5. The zero-order valence-electron chi connectivity index (χ0n) is 15.8. The first kappa shape index (κ1) is 16.9. The van der Waals surface area contributed by atoms with Crippen molar-refractivity contribution < 1.29 is 14.1 Å². The van der Waals surface area contributed by atoms with Gasteiger partial charge in [0.2, 0.25) is 17.6 Å². The topological polar surface area (TPSA) is 68.5 Å². The first-order chi connectivity index (χ1) is 13.1. The highest BCUT2D eigenvalue weighted by molar-refractivity contribution is 5.81. The van der Waals surface area contributed by atoms with E-state index in [2.05, 4.69) is 24.2 Å². The molecule has 142 valence electrons. The van der Waals surface area contributed by atoms with E-state index in [0.717, 1.165) is 30.4 Å². The SMILES string of the molecule is COC1CN(C(=O)[C@H]2[C@H]3CC[C@H](C3)[C@@H]2c2nc(-c3cccc(C)c3)no2)C1. The third-order valence-electron chi connectivity index (χ3n) is 6.70. The molecule has 0 unspecified atom stereocenters. The van der Waals surface area contributed by atoms with Gasteiger partial charge in [0.15, 0.2) is 0 Å². The lowest BCUT2D eigenvalue weighted by Crippen LogP contribution is -2.57. The molecule has 2 aromatic rings. The maximum absolute atomic E-state index is 13.2. The van der Waals surface area contributed by atoms with Gasteiger partial charge in [-0.2, -0.15) is 4.98 Å². The highest BCUT2D eigenvalue weighted by Crippen LogP contribution is 2.57. The number of fused-ring (bicyclic) bond motifs is 2. The number of carbonyl (C=O) groups is 1. The van der Waals surface area contributed by atoms with E-state index in [1.54, 1.807) is 7.11 Å². The number of aryl methyl sites for hydroxylation is 1. The first-order valence-electron chi connectivity index (χ1n) is 9.86. The van der Waals surface area contributed by atoms with E-state index >= 15 is 0 Å². The number of benzene rings is 1. The van der Waals surface area contributed by atoms with Gasteiger partial charge in [0.05, 0.1) is 17.9 Å². The lowest BCUT2D eigenvalue weighted by molar-refractivity contribution is -0.150. The molecule has 2 saturated carbocycles. The predicted octanol–water partition coefficient (Wildman–Crippen LogP) is 3.03. The van der Waals surface area contributed by atoms with Crippen LogP contribution in [0.25, 0.3) is 11.4 Å². The fourth-order valence-electron chi connectivity index (χ4n) is 5.25. The van der Waals surface area contributed by atoms with Crippen molar-refractivity contribution in [1.29, 1.82) is 0 Å². The molecule has 2 aliphatic carbocycles. The van der Waals surface area contributed by atoms with Crippen molar-refractivity contribution in [3.8, 4) is 11.4 Å². The van der Waals surface area contributed by atoms with Crippen molar-refractivity contribution >= 4 is 5.91 Å². The molecule has 2 bridgehead atoms. The van der Waals surface area contributed by atoms with E-state index in [4.69, 9.17) is 14.2 Å². The number of carbonyl (C=O) groups excluding carboxylic acids is 1. The van der Waals surface area contributed by atoms with Gasteiger partial charge in [0.25, 0.3) is 0 Å². The highest BCUT2D eigenvalue weighted by atomic mass is 16.5. The molecule has 4 atom stereocenters. The fraction of sp³-hybridized carbons (Fsp3) is 0.571. The first-order valence-corrected chi connectivity index (χ1v) is 9.86. The second-order valence-electron chi connectivity index (χ2n) is 8.31. The number of amides is 1. The van der Waals surface area contributed by atoms with Crippen LogP contribution in [0.2, 0.25) is 0 Å². The largest absolute Gasteiger partial charge is 0.378 e. The molecular weight excluding hydrogens is 342 g/mol. The number of likely N-dealkylation sites (tertiary alicyclic amines) is 1. The lowest BCUT2D eigenvalue weighted by Gasteiger charge is -2.41. The molecule has 1 aliphatic heterocycles. The van der Waals surface area contributed by atoms with Gasteiger partial charge in [-0.3, -0.25) is 4.79 Å². The summed E-state index contributed by atoms with van der Waals surface area (Å²) in [6, 6.07) is 8.11. The minimum absolute atomic E-state index is 0.0210. The highest BCUT2D eigenvalue weighted by Gasteiger charge is 2.55. The quantitative estimate of drug-likeness (QED) is 0.831. The Morgan fingerprint density at radius 3 is 2.85 bits per heavy atom. The summed E-state index contributed by atoms with van der Waals surface area (Å²) in [7, 11) is 1.71. The molecule has 2 heterocycles. The van der Waals surface area contributed by atoms with E-state index in [1.807, 2.05) is 17.0 Å². The van der Waals surface area contributed by atoms with E-state index < -0.39 is 0 Å². The monoisotopic (exact) mass is 367 g/mol. The standard InChI is InChI=1S/C21H25N3O3/c1-12-4-3-5-15(8-12)19-22-20(27-23-19)17-13-6-7-14(9-13)18(17)21(25)24-10-16(11-24)26-2/h3-5,8,13-14,16-18H,6-7,9-11H2,1-2H3/t13-,14+,17+,18+/m1/s1. The molecule has 27 heavy (non-hydrogen) atoms. The van der Waals surface area contributed by atoms with Crippen molar-refractivity contribution in [2.75, 3.05) is 20.2 Å². The Labute approximate surface area is 158 Å². The lowest BCUT2D eigenvalue weighted by atomic mass is 9.78. The summed E-state index contributed by atoms with van der Waals surface area (Å²) in [5.74, 6) is 2.47. The molecule has 6 nitrogen and oxygen atoms in total. The maximum atomic E-state index is 13.2. The van der Waals surface area contributed by atoms with Gasteiger partial charge in [0, 0.05) is 25.8 Å². The number of aromatic nitrogens is 2. The maximum Gasteiger partial charge on any atom is 0.231 e. The minimum atomic E-state index is -0.0210. The second-order valence-corrected chi connectivity index (χ2v) is 8.31. The molecule has 1 aromatic heterocycles. The summed E-state index contributed by atoms with van der Waals surface area (Å²) in [5.41, 5.74) is 2.12. The van der Waals surface area contributed by atoms with Crippen molar-refractivity contribution in [3.63, 3.8) is 0 Å². The summed E-state index contributed by atoms with van der Waals surface area (Å²) < 4.78 is 11.0. The Bertz CT molecular complexity index is 858. The molecule has 0 radical (unpaired) electrons. The van der Waals surface area contributed by atoms with Crippen molar-refractivity contribution in [1.82, 2.24) is 15.0 Å². The van der Waals surface area contributed by atoms with E-state index in [1.165, 1.54) is 0 Å². The molecule has 6 heteroatoms. The number of rotatable bonds is 4. The van der Waals surface area contributed by atoms with Crippen LogP contribution in [0, 0.1) is 24.7 Å². The van der Waals surface area contributed by atoms with Crippen molar-refractivity contribution in [2.24, 2.45) is 17.8 Å². The summed E-state index contributed by atoms with van der Waals surface area (Å²) in [5, 5.41) is 4.22. The van der Waals surface area contributed by atoms with Crippen LogP contribution >= 0.6 is 0 Å². The van der Waals surface area contributed by atoms with Gasteiger partial charge in [-0.25, -0.2) is 0 Å². The number of methoxy groups -OCH3 is 1. The van der Waals surface area contributed by atoms with E-state index in [0.29, 0.717) is 36.6 Å². The Morgan fingerprint density at radius 2 is 2.07 bits per heavy atom. The van der Waals surface area contributed by atoms with Gasteiger partial charge < -0.3 is 14.2 Å². The Hall–Kier alpha value is -2.21. The molecule has 3 fully saturated rings. The Kier molecular flexibility index (Phi) is 4.04. The second kappa shape index (κ2) is 6.44. The number of hydrogen-bond donors (Lipinski definition) is 0. The molecule has 0 N–H and O–H groups in total. The Balaban J connectivity index is 1.41. The van der Waals surface area contributed by atoms with E-state index in [9.17, 15) is 4.79 Å². The van der Waals surface area contributed by atoms with Crippen LogP contribution in [-0.4, -0.2) is 47.3 Å². The van der Waals surface area contributed by atoms with Crippen LogP contribution in [0.3, 0.4) is 0 Å². The molecule has 5 rings (SSSR count). The van der Waals surface area contributed by atoms with Crippen LogP contribution in [0.15, 0.2) is 28.8 Å². The van der Waals surface area contributed by atoms with Crippen LogP contribution in [-0.2, 0) is 9.53 Å². The summed E-state index contributed by atoms with van der Waals surface area (Å²) in [4.78, 5) is 19.8. The molecule has 1 saturated heterocycles. The fourth-order valence-corrected chi connectivity index (χ4v) is 5.25. The van der Waals surface area contributed by atoms with Gasteiger partial charge in [-0.15, -0.1) is 0 Å². The predicted molar refractivity (Wildman–Crippen MR) is 98.9 cm³/mol. The molecule has 1 aromatic carbocycles.